The van der Waals surface area contributed by atoms with Crippen molar-refractivity contribution in [2.45, 2.75) is 51.0 Å². The average Bonchev–Trinajstić information content (AvgIpc) is 3.76. The summed E-state index contributed by atoms with van der Waals surface area (Å²) in [5.41, 5.74) is 6.93. The normalized spacial score (nSPS) is 22.4. The van der Waals surface area contributed by atoms with Gasteiger partial charge in [-0.25, -0.2) is 4.39 Å². The van der Waals surface area contributed by atoms with Crippen LogP contribution in [0.4, 0.5) is 10.1 Å². The van der Waals surface area contributed by atoms with Gasteiger partial charge in [-0.1, -0.05) is 18.2 Å². The summed E-state index contributed by atoms with van der Waals surface area (Å²) < 4.78 is 41.0. The molecule has 0 aromatic heterocycles. The molecule has 0 amide bonds. The first-order chi connectivity index (χ1) is 19.3. The molecule has 2 atom stereocenters. The summed E-state index contributed by atoms with van der Waals surface area (Å²) in [6, 6.07) is 17.6. The van der Waals surface area contributed by atoms with Gasteiger partial charge in [0.25, 0.3) is 0 Å². The van der Waals surface area contributed by atoms with Crippen molar-refractivity contribution >= 4 is 22.2 Å². The Balaban J connectivity index is 1.13. The number of hydrogen-bond acceptors (Lipinski definition) is 5. The van der Waals surface area contributed by atoms with Gasteiger partial charge in [-0.2, -0.15) is 10.6 Å². The van der Waals surface area contributed by atoms with Gasteiger partial charge in [0.2, 0.25) is 0 Å². The summed E-state index contributed by atoms with van der Waals surface area (Å²) in [7, 11) is -2.38. The zero-order chi connectivity index (χ0) is 27.9. The fraction of sp³-hybridized carbons (Fsp3) is 0.406. The number of carboxylic acids is 1. The highest BCUT2D eigenvalue weighted by Crippen LogP contribution is 2.48. The third kappa shape index (κ3) is 5.99. The molecule has 0 radical (unpaired) electrons. The van der Waals surface area contributed by atoms with E-state index in [4.69, 9.17) is 4.74 Å². The van der Waals surface area contributed by atoms with Crippen LogP contribution in [0.5, 0.6) is 5.75 Å². The minimum Gasteiger partial charge on any atom is -0.493 e. The summed E-state index contributed by atoms with van der Waals surface area (Å²) in [5, 5.41) is 12.5. The fourth-order valence-electron chi connectivity index (χ4n) is 6.07. The molecule has 4 N–H and O–H groups in total. The highest BCUT2D eigenvalue weighted by atomic mass is 32.3. The first-order valence-electron chi connectivity index (χ1n) is 14.1. The van der Waals surface area contributed by atoms with Gasteiger partial charge in [-0.15, -0.1) is 0 Å². The molecule has 212 valence electrons. The second kappa shape index (κ2) is 11.1. The third-order valence-electron chi connectivity index (χ3n) is 8.65. The summed E-state index contributed by atoms with van der Waals surface area (Å²) in [6.45, 7) is 0.927. The number of nitrogens with one attached hydrogen (secondary N) is 1. The van der Waals surface area contributed by atoms with Crippen LogP contribution in [0, 0.1) is 17.7 Å². The van der Waals surface area contributed by atoms with E-state index in [1.807, 2.05) is 36.4 Å². The van der Waals surface area contributed by atoms with Crippen LogP contribution in [0.1, 0.15) is 53.9 Å². The Kier molecular flexibility index (Phi) is 7.50. The molecule has 1 saturated carbocycles. The number of carbonyl (C=O) groups is 1. The van der Waals surface area contributed by atoms with Crippen LogP contribution in [0.25, 0.3) is 11.1 Å². The predicted molar refractivity (Wildman–Crippen MR) is 157 cm³/mol. The summed E-state index contributed by atoms with van der Waals surface area (Å²) >= 11 is 0. The van der Waals surface area contributed by atoms with E-state index in [0.29, 0.717) is 42.6 Å². The summed E-state index contributed by atoms with van der Waals surface area (Å²) in [6.07, 6.45) is 4.90. The van der Waals surface area contributed by atoms with Gasteiger partial charge in [0.1, 0.15) is 11.6 Å². The lowest BCUT2D eigenvalue weighted by molar-refractivity contribution is -0.138. The van der Waals surface area contributed by atoms with Gasteiger partial charge in [-0.3, -0.25) is 13.9 Å². The number of carboxylic acid groups (broad SMARTS) is 1. The molecule has 2 unspecified atom stereocenters. The van der Waals surface area contributed by atoms with Crippen molar-refractivity contribution in [1.29, 1.82) is 0 Å². The van der Waals surface area contributed by atoms with Crippen molar-refractivity contribution in [2.24, 2.45) is 11.8 Å². The molecule has 1 aliphatic heterocycles. The van der Waals surface area contributed by atoms with E-state index in [0.717, 1.165) is 65.8 Å². The molecule has 3 aliphatic rings. The maximum absolute atomic E-state index is 15.1. The molecular weight excluding hydrogens is 529 g/mol. The van der Waals surface area contributed by atoms with Crippen LogP contribution >= 0.6 is 10.6 Å². The summed E-state index contributed by atoms with van der Waals surface area (Å²) in [5.74, 6) is 0.966. The zero-order valence-electron chi connectivity index (χ0n) is 22.4. The first kappa shape index (κ1) is 27.1. The molecule has 0 spiro atoms. The van der Waals surface area contributed by atoms with Crippen molar-refractivity contribution in [3.63, 3.8) is 0 Å². The maximum atomic E-state index is 15.1. The molecule has 2 aliphatic carbocycles. The summed E-state index contributed by atoms with van der Waals surface area (Å²) in [4.78, 5) is 11.2. The molecule has 6 rings (SSSR count). The van der Waals surface area contributed by atoms with E-state index >= 15 is 4.39 Å². The number of aryl methyl sites for hydroxylation is 2. The number of anilines is 1. The van der Waals surface area contributed by atoms with E-state index in [-0.39, 0.29) is 17.7 Å². The first-order valence-corrected chi connectivity index (χ1v) is 16.0. The van der Waals surface area contributed by atoms with E-state index in [1.165, 1.54) is 5.56 Å². The maximum Gasteiger partial charge on any atom is 0.307 e. The molecule has 40 heavy (non-hydrogen) atoms. The molecule has 1 heterocycles. The molecule has 1 saturated heterocycles. The molecule has 3 aromatic carbocycles. The van der Waals surface area contributed by atoms with Crippen LogP contribution in [-0.2, 0) is 24.2 Å². The van der Waals surface area contributed by atoms with E-state index < -0.39 is 16.6 Å². The lowest BCUT2D eigenvalue weighted by atomic mass is 9.94. The van der Waals surface area contributed by atoms with Crippen molar-refractivity contribution in [3.05, 3.63) is 82.7 Å². The van der Waals surface area contributed by atoms with E-state index in [2.05, 4.69) is 17.4 Å². The second-order valence-electron chi connectivity index (χ2n) is 11.5. The van der Waals surface area contributed by atoms with E-state index in [1.54, 1.807) is 6.07 Å². The Morgan fingerprint density at radius 3 is 2.40 bits per heavy atom. The second-order valence-corrected chi connectivity index (χ2v) is 13.9. The number of ether oxygens (including phenoxy) is 1. The number of aliphatic carboxylic acids is 1. The van der Waals surface area contributed by atoms with Gasteiger partial charge in [0.05, 0.1) is 12.5 Å². The van der Waals surface area contributed by atoms with Crippen LogP contribution in [0.3, 0.4) is 0 Å². The van der Waals surface area contributed by atoms with Gasteiger partial charge < -0.3 is 15.2 Å². The van der Waals surface area contributed by atoms with Gasteiger partial charge in [0.15, 0.2) is 0 Å². The lowest BCUT2D eigenvalue weighted by Gasteiger charge is -2.39. The SMILES string of the molecule is O=C(O)C1CC1c1ccc(NCc2cc3c(cc2F)CCCc2cc(OCC4CCS(O)(O)CC4)ccc2-3)cc1. The largest absolute Gasteiger partial charge is 0.493 e. The number of rotatable bonds is 8. The lowest BCUT2D eigenvalue weighted by Crippen LogP contribution is -2.24. The fourth-order valence-corrected chi connectivity index (χ4v) is 7.70. The predicted octanol–water partition coefficient (Wildman–Crippen LogP) is 7.32. The molecular formula is C32H36FNO5S. The van der Waals surface area contributed by atoms with Crippen molar-refractivity contribution in [3.8, 4) is 16.9 Å². The molecule has 6 nitrogen and oxygen atoms in total. The topological polar surface area (TPSA) is 99.0 Å². The Morgan fingerprint density at radius 2 is 1.70 bits per heavy atom. The quantitative estimate of drug-likeness (QED) is 0.228. The van der Waals surface area contributed by atoms with Gasteiger partial charge in [0, 0.05) is 29.3 Å². The van der Waals surface area contributed by atoms with Crippen LogP contribution in [0.2, 0.25) is 0 Å². The minimum atomic E-state index is -2.38. The van der Waals surface area contributed by atoms with Crippen molar-refractivity contribution < 1.29 is 28.1 Å². The van der Waals surface area contributed by atoms with Crippen LogP contribution in [0.15, 0.2) is 54.6 Å². The minimum absolute atomic E-state index is 0.0931. The number of halogens is 1. The van der Waals surface area contributed by atoms with Gasteiger partial charge >= 0.3 is 5.97 Å². The Morgan fingerprint density at radius 1 is 0.975 bits per heavy atom. The molecule has 0 bridgehead atoms. The Hall–Kier alpha value is -3.07. The molecule has 3 aromatic rings. The highest BCUT2D eigenvalue weighted by molar-refractivity contribution is 8.24. The average molecular weight is 566 g/mol. The monoisotopic (exact) mass is 565 g/mol. The molecule has 2 fully saturated rings. The number of benzene rings is 3. The van der Waals surface area contributed by atoms with Crippen LogP contribution < -0.4 is 10.1 Å². The number of hydrogen-bond donors (Lipinski definition) is 4. The standard InChI is InChI=1S/C32H36FNO5S/c33-31-16-23-3-1-2-22-14-26(39-19-20-10-12-40(37,38)13-11-20)8-9-27(22)28(23)15-24(31)18-34-25-6-4-21(5-7-25)29-17-30(29)32(35)36/h4-9,14-16,20,29-30,34,37-38H,1-3,10-13,17-19H2,(H,35,36). The third-order valence-corrected chi connectivity index (χ3v) is 10.4. The highest BCUT2D eigenvalue weighted by Gasteiger charge is 2.44. The Labute approximate surface area is 235 Å². The van der Waals surface area contributed by atoms with Crippen molar-refractivity contribution in [1.82, 2.24) is 0 Å². The van der Waals surface area contributed by atoms with Gasteiger partial charge in [-0.05, 0) is 115 Å². The Bertz CT molecular complexity index is 1400. The van der Waals surface area contributed by atoms with Crippen molar-refractivity contribution in [2.75, 3.05) is 23.4 Å². The number of fused-ring (bicyclic) bond motifs is 3. The van der Waals surface area contributed by atoms with E-state index in [9.17, 15) is 19.0 Å². The smallest absolute Gasteiger partial charge is 0.307 e. The molecule has 8 heteroatoms. The van der Waals surface area contributed by atoms with Crippen LogP contribution in [-0.4, -0.2) is 38.3 Å². The zero-order valence-corrected chi connectivity index (χ0v) is 23.3.